The number of nitrogens with one attached hydrogen (secondary N) is 2. The molecule has 0 saturated heterocycles. The van der Waals surface area contributed by atoms with E-state index in [0.717, 1.165) is 0 Å². The third-order valence-corrected chi connectivity index (χ3v) is 2.53. The standard InChI is InChI=1S/C13H12N4O3/c1-8-4-2-5-9(11(18)19)10(8)16-13(20)17-12-14-6-3-7-15-12/h2-7H,1H3,(H,18,19)(H2,14,15,16,17,20). The molecule has 0 atom stereocenters. The Hall–Kier alpha value is -2.96. The first-order chi connectivity index (χ1) is 9.58. The molecule has 1 aromatic heterocycles. The molecule has 20 heavy (non-hydrogen) atoms. The van der Waals surface area contributed by atoms with E-state index in [9.17, 15) is 9.59 Å². The van der Waals surface area contributed by atoms with Gasteiger partial charge in [-0.05, 0) is 24.6 Å². The van der Waals surface area contributed by atoms with E-state index in [1.165, 1.54) is 18.5 Å². The third kappa shape index (κ3) is 3.08. The first-order valence-corrected chi connectivity index (χ1v) is 5.76. The number of carbonyl (C=O) groups is 2. The number of hydrogen-bond donors (Lipinski definition) is 3. The number of benzene rings is 1. The molecule has 2 rings (SSSR count). The topological polar surface area (TPSA) is 104 Å². The summed E-state index contributed by atoms with van der Waals surface area (Å²) in [7, 11) is 0. The Balaban J connectivity index is 2.18. The molecule has 7 heteroatoms. The first-order valence-electron chi connectivity index (χ1n) is 5.76. The number of urea groups is 1. The van der Waals surface area contributed by atoms with E-state index in [1.807, 2.05) is 0 Å². The van der Waals surface area contributed by atoms with Gasteiger partial charge in [-0.15, -0.1) is 0 Å². The fraction of sp³-hybridized carbons (Fsp3) is 0.0769. The number of carboxylic acids is 1. The Morgan fingerprint density at radius 3 is 2.45 bits per heavy atom. The smallest absolute Gasteiger partial charge is 0.337 e. The lowest BCUT2D eigenvalue weighted by Gasteiger charge is -2.11. The van der Waals surface area contributed by atoms with E-state index in [2.05, 4.69) is 20.6 Å². The molecule has 2 aromatic rings. The number of aryl methyl sites for hydroxylation is 1. The largest absolute Gasteiger partial charge is 0.478 e. The van der Waals surface area contributed by atoms with E-state index in [4.69, 9.17) is 5.11 Å². The summed E-state index contributed by atoms with van der Waals surface area (Å²) >= 11 is 0. The zero-order chi connectivity index (χ0) is 14.5. The van der Waals surface area contributed by atoms with Crippen molar-refractivity contribution >= 4 is 23.6 Å². The van der Waals surface area contributed by atoms with Gasteiger partial charge in [-0.3, -0.25) is 5.32 Å². The zero-order valence-corrected chi connectivity index (χ0v) is 10.6. The van der Waals surface area contributed by atoms with Gasteiger partial charge in [0.15, 0.2) is 0 Å². The molecule has 0 aliphatic carbocycles. The van der Waals surface area contributed by atoms with Crippen molar-refractivity contribution in [3.05, 3.63) is 47.8 Å². The van der Waals surface area contributed by atoms with Gasteiger partial charge in [0.1, 0.15) is 0 Å². The fourth-order valence-corrected chi connectivity index (χ4v) is 1.62. The van der Waals surface area contributed by atoms with Crippen molar-refractivity contribution < 1.29 is 14.7 Å². The van der Waals surface area contributed by atoms with E-state index in [1.54, 1.807) is 25.1 Å². The highest BCUT2D eigenvalue weighted by atomic mass is 16.4. The molecule has 0 aliphatic rings. The van der Waals surface area contributed by atoms with Crippen LogP contribution in [0.15, 0.2) is 36.7 Å². The molecule has 0 aliphatic heterocycles. The van der Waals surface area contributed by atoms with Crippen molar-refractivity contribution in [2.45, 2.75) is 6.92 Å². The van der Waals surface area contributed by atoms with E-state index < -0.39 is 12.0 Å². The molecule has 0 fully saturated rings. The fourth-order valence-electron chi connectivity index (χ4n) is 1.62. The predicted octanol–water partition coefficient (Wildman–Crippen LogP) is 2.13. The Labute approximate surface area is 114 Å². The third-order valence-electron chi connectivity index (χ3n) is 2.53. The molecule has 1 heterocycles. The maximum absolute atomic E-state index is 11.8. The van der Waals surface area contributed by atoms with Crippen molar-refractivity contribution in [1.82, 2.24) is 9.97 Å². The maximum Gasteiger partial charge on any atom is 0.337 e. The van der Waals surface area contributed by atoms with Crippen LogP contribution in [0, 0.1) is 6.92 Å². The summed E-state index contributed by atoms with van der Waals surface area (Å²) in [6.45, 7) is 1.71. The summed E-state index contributed by atoms with van der Waals surface area (Å²) in [6, 6.07) is 5.76. The minimum absolute atomic E-state index is 0.0223. The van der Waals surface area contributed by atoms with Crippen molar-refractivity contribution in [1.29, 1.82) is 0 Å². The van der Waals surface area contributed by atoms with Crippen molar-refractivity contribution in [2.24, 2.45) is 0 Å². The van der Waals surface area contributed by atoms with Crippen molar-refractivity contribution in [3.63, 3.8) is 0 Å². The highest BCUT2D eigenvalue weighted by Crippen LogP contribution is 2.20. The number of anilines is 2. The number of para-hydroxylation sites is 1. The van der Waals surface area contributed by atoms with Crippen LogP contribution >= 0.6 is 0 Å². The van der Waals surface area contributed by atoms with Crippen LogP contribution in [0.3, 0.4) is 0 Å². The second-order valence-corrected chi connectivity index (χ2v) is 3.95. The normalized spacial score (nSPS) is 9.85. The SMILES string of the molecule is Cc1cccc(C(=O)O)c1NC(=O)Nc1ncccn1. The lowest BCUT2D eigenvalue weighted by atomic mass is 10.1. The van der Waals surface area contributed by atoms with Gasteiger partial charge in [0.05, 0.1) is 11.3 Å². The Morgan fingerprint density at radius 2 is 1.80 bits per heavy atom. The Kier molecular flexibility index (Phi) is 3.90. The van der Waals surface area contributed by atoms with Gasteiger partial charge in [-0.2, -0.15) is 0 Å². The molecule has 0 unspecified atom stereocenters. The van der Waals surface area contributed by atoms with Crippen LogP contribution in [0.5, 0.6) is 0 Å². The van der Waals surface area contributed by atoms with Gasteiger partial charge in [0.25, 0.3) is 0 Å². The lowest BCUT2D eigenvalue weighted by Crippen LogP contribution is -2.22. The molecule has 2 amide bonds. The molecule has 3 N–H and O–H groups in total. The molecular weight excluding hydrogens is 260 g/mol. The first kappa shape index (κ1) is 13.5. The number of aromatic nitrogens is 2. The van der Waals surface area contributed by atoms with Gasteiger partial charge < -0.3 is 10.4 Å². The second kappa shape index (κ2) is 5.79. The van der Waals surface area contributed by atoms with Crippen LogP contribution in [0.4, 0.5) is 16.4 Å². The summed E-state index contributed by atoms with van der Waals surface area (Å²) in [5.41, 5.74) is 0.914. The average Bonchev–Trinajstić information content (AvgIpc) is 2.42. The number of nitrogens with zero attached hydrogens (tertiary/aromatic N) is 2. The molecule has 0 saturated carbocycles. The summed E-state index contributed by atoms with van der Waals surface area (Å²) in [6.07, 6.45) is 2.97. The van der Waals surface area contributed by atoms with E-state index in [-0.39, 0.29) is 17.2 Å². The summed E-state index contributed by atoms with van der Waals surface area (Å²) in [5, 5.41) is 14.0. The van der Waals surface area contributed by atoms with Crippen LogP contribution in [0.2, 0.25) is 0 Å². The molecule has 0 radical (unpaired) electrons. The predicted molar refractivity (Wildman–Crippen MR) is 72.8 cm³/mol. The van der Waals surface area contributed by atoms with Gasteiger partial charge in [0, 0.05) is 12.4 Å². The number of carboxylic acid groups (broad SMARTS) is 1. The van der Waals surface area contributed by atoms with Crippen molar-refractivity contribution in [3.8, 4) is 0 Å². The molecule has 0 bridgehead atoms. The summed E-state index contributed by atoms with van der Waals surface area (Å²) in [5.74, 6) is -0.976. The molecule has 1 aromatic carbocycles. The monoisotopic (exact) mass is 272 g/mol. The number of carbonyl (C=O) groups excluding carboxylic acids is 1. The molecule has 7 nitrogen and oxygen atoms in total. The minimum atomic E-state index is -1.11. The molecular formula is C13H12N4O3. The van der Waals surface area contributed by atoms with Gasteiger partial charge in [-0.1, -0.05) is 12.1 Å². The van der Waals surface area contributed by atoms with Crippen LogP contribution in [0.25, 0.3) is 0 Å². The van der Waals surface area contributed by atoms with Crippen LogP contribution < -0.4 is 10.6 Å². The quantitative estimate of drug-likeness (QED) is 0.793. The average molecular weight is 272 g/mol. The number of rotatable bonds is 3. The van der Waals surface area contributed by atoms with Gasteiger partial charge in [-0.25, -0.2) is 19.6 Å². The van der Waals surface area contributed by atoms with Crippen molar-refractivity contribution in [2.75, 3.05) is 10.6 Å². The number of hydrogen-bond acceptors (Lipinski definition) is 4. The van der Waals surface area contributed by atoms with E-state index in [0.29, 0.717) is 5.56 Å². The summed E-state index contributed by atoms with van der Waals surface area (Å²) < 4.78 is 0. The van der Waals surface area contributed by atoms with E-state index >= 15 is 0 Å². The Bertz CT molecular complexity index is 643. The van der Waals surface area contributed by atoms with Crippen LogP contribution in [-0.2, 0) is 0 Å². The minimum Gasteiger partial charge on any atom is -0.478 e. The van der Waals surface area contributed by atoms with Gasteiger partial charge in [0.2, 0.25) is 5.95 Å². The highest BCUT2D eigenvalue weighted by molar-refractivity contribution is 6.04. The summed E-state index contributed by atoms with van der Waals surface area (Å²) in [4.78, 5) is 30.6. The lowest BCUT2D eigenvalue weighted by molar-refractivity contribution is 0.0698. The van der Waals surface area contributed by atoms with Crippen LogP contribution in [-0.4, -0.2) is 27.1 Å². The van der Waals surface area contributed by atoms with Gasteiger partial charge >= 0.3 is 12.0 Å². The number of amides is 2. The zero-order valence-electron chi connectivity index (χ0n) is 10.6. The molecule has 0 spiro atoms. The number of aromatic carboxylic acids is 1. The highest BCUT2D eigenvalue weighted by Gasteiger charge is 2.14. The van der Waals surface area contributed by atoms with Crippen LogP contribution in [0.1, 0.15) is 15.9 Å². The maximum atomic E-state index is 11.8. The Morgan fingerprint density at radius 1 is 1.10 bits per heavy atom. The second-order valence-electron chi connectivity index (χ2n) is 3.95. The molecule has 102 valence electrons.